The van der Waals surface area contributed by atoms with Crippen LogP contribution >= 0.6 is 38.5 Å². The number of fused-ring (bicyclic) bond motifs is 1. The van der Waals surface area contributed by atoms with Crippen LogP contribution in [0.4, 0.5) is 5.69 Å². The van der Waals surface area contributed by atoms with Gasteiger partial charge in [-0.05, 0) is 85.9 Å². The van der Waals surface area contributed by atoms with Gasteiger partial charge in [0.1, 0.15) is 5.75 Å². The molecule has 2 aromatic rings. The highest BCUT2D eigenvalue weighted by Crippen LogP contribution is 2.40. The second kappa shape index (κ2) is 6.76. The summed E-state index contributed by atoms with van der Waals surface area (Å²) in [5.74, 6) is 0.765. The third-order valence-electron chi connectivity index (χ3n) is 4.15. The fourth-order valence-electron chi connectivity index (χ4n) is 2.93. The molecular formula is C20H19BrINO2. The largest absolute Gasteiger partial charge is 0.495 e. The number of rotatable bonds is 2. The molecular weight excluding hydrogens is 493 g/mol. The maximum Gasteiger partial charge on any atom is 0.256 e. The summed E-state index contributed by atoms with van der Waals surface area (Å²) in [5, 5.41) is 2.93. The van der Waals surface area contributed by atoms with E-state index in [0.717, 1.165) is 36.2 Å². The van der Waals surface area contributed by atoms with E-state index in [1.54, 1.807) is 7.11 Å². The van der Waals surface area contributed by atoms with Crippen LogP contribution in [-0.2, 0) is 10.2 Å². The van der Waals surface area contributed by atoms with Crippen LogP contribution in [0.25, 0.3) is 11.6 Å². The van der Waals surface area contributed by atoms with Crippen molar-refractivity contribution >= 4 is 61.8 Å². The van der Waals surface area contributed by atoms with Crippen LogP contribution < -0.4 is 10.1 Å². The number of nitrogens with one attached hydrogen (secondary N) is 1. The van der Waals surface area contributed by atoms with E-state index in [4.69, 9.17) is 4.74 Å². The first kappa shape index (κ1) is 18.5. The van der Waals surface area contributed by atoms with Gasteiger partial charge in [0.2, 0.25) is 0 Å². The molecule has 5 heteroatoms. The Bertz CT molecular complexity index is 897. The van der Waals surface area contributed by atoms with Crippen molar-refractivity contribution < 1.29 is 9.53 Å². The van der Waals surface area contributed by atoms with Crippen molar-refractivity contribution in [3.63, 3.8) is 0 Å². The zero-order valence-corrected chi connectivity index (χ0v) is 18.3. The quantitative estimate of drug-likeness (QED) is 0.405. The molecule has 0 aliphatic carbocycles. The van der Waals surface area contributed by atoms with Gasteiger partial charge in [0.15, 0.2) is 0 Å². The highest BCUT2D eigenvalue weighted by Gasteiger charge is 2.25. The summed E-state index contributed by atoms with van der Waals surface area (Å²) in [5.41, 5.74) is 4.48. The molecule has 0 saturated heterocycles. The van der Waals surface area contributed by atoms with Gasteiger partial charge in [-0.25, -0.2) is 0 Å². The van der Waals surface area contributed by atoms with Crippen LogP contribution in [0.15, 0.2) is 34.8 Å². The predicted molar refractivity (Wildman–Crippen MR) is 115 cm³/mol. The first-order valence-corrected chi connectivity index (χ1v) is 9.79. The molecule has 0 radical (unpaired) electrons. The van der Waals surface area contributed by atoms with Crippen LogP contribution in [0.5, 0.6) is 5.75 Å². The van der Waals surface area contributed by atoms with E-state index < -0.39 is 0 Å². The number of anilines is 1. The number of benzene rings is 2. The van der Waals surface area contributed by atoms with Crippen LogP contribution in [0.1, 0.15) is 37.5 Å². The van der Waals surface area contributed by atoms with Gasteiger partial charge in [-0.3, -0.25) is 4.79 Å². The summed E-state index contributed by atoms with van der Waals surface area (Å²) in [6.45, 7) is 6.44. The molecule has 1 aliphatic heterocycles. The van der Waals surface area contributed by atoms with Crippen LogP contribution in [-0.4, -0.2) is 13.0 Å². The minimum atomic E-state index is -0.0758. The van der Waals surface area contributed by atoms with E-state index in [1.165, 1.54) is 0 Å². The van der Waals surface area contributed by atoms with Gasteiger partial charge in [0.05, 0.1) is 11.6 Å². The van der Waals surface area contributed by atoms with Crippen molar-refractivity contribution in [2.45, 2.75) is 26.2 Å². The number of amides is 1. The molecule has 1 aliphatic rings. The molecule has 0 bridgehead atoms. The molecule has 1 heterocycles. The van der Waals surface area contributed by atoms with Crippen molar-refractivity contribution in [1.29, 1.82) is 0 Å². The molecule has 0 unspecified atom stereocenters. The summed E-state index contributed by atoms with van der Waals surface area (Å²) in [4.78, 5) is 12.4. The predicted octanol–water partition coefficient (Wildman–Crippen LogP) is 5.85. The lowest BCUT2D eigenvalue weighted by Crippen LogP contribution is -2.13. The maximum atomic E-state index is 12.4. The fourth-order valence-corrected chi connectivity index (χ4v) is 4.06. The Balaban J connectivity index is 2.16. The van der Waals surface area contributed by atoms with Gasteiger partial charge in [0, 0.05) is 26.0 Å². The van der Waals surface area contributed by atoms with E-state index in [2.05, 4.69) is 70.7 Å². The van der Waals surface area contributed by atoms with E-state index >= 15 is 0 Å². The second-order valence-corrected chi connectivity index (χ2v) is 9.14. The molecule has 3 rings (SSSR count). The SMILES string of the molecule is COc1c(Br)cc(C=C2C(=O)Nc3ccc(I)cc32)cc1C(C)(C)C. The monoisotopic (exact) mass is 511 g/mol. The topological polar surface area (TPSA) is 38.3 Å². The third-order valence-corrected chi connectivity index (χ3v) is 5.41. The molecule has 0 aromatic heterocycles. The van der Waals surface area contributed by atoms with Crippen LogP contribution in [0, 0.1) is 3.57 Å². The number of methoxy groups -OCH3 is 1. The highest BCUT2D eigenvalue weighted by atomic mass is 127. The molecule has 0 saturated carbocycles. The Morgan fingerprint density at radius 1 is 1.20 bits per heavy atom. The van der Waals surface area contributed by atoms with Gasteiger partial charge in [-0.2, -0.15) is 0 Å². The smallest absolute Gasteiger partial charge is 0.256 e. The van der Waals surface area contributed by atoms with Crippen molar-refractivity contribution in [3.8, 4) is 5.75 Å². The Morgan fingerprint density at radius 3 is 2.56 bits per heavy atom. The lowest BCUT2D eigenvalue weighted by atomic mass is 9.85. The molecule has 25 heavy (non-hydrogen) atoms. The van der Waals surface area contributed by atoms with E-state index in [-0.39, 0.29) is 11.3 Å². The van der Waals surface area contributed by atoms with Crippen molar-refractivity contribution in [1.82, 2.24) is 0 Å². The van der Waals surface area contributed by atoms with Crippen molar-refractivity contribution in [2.24, 2.45) is 0 Å². The van der Waals surface area contributed by atoms with Crippen LogP contribution in [0.3, 0.4) is 0 Å². The van der Waals surface area contributed by atoms with E-state index in [1.807, 2.05) is 30.3 Å². The summed E-state index contributed by atoms with van der Waals surface area (Å²) in [7, 11) is 1.68. The third kappa shape index (κ3) is 3.62. The van der Waals surface area contributed by atoms with Crippen molar-refractivity contribution in [3.05, 3.63) is 55.1 Å². The average Bonchev–Trinajstić information content (AvgIpc) is 2.81. The van der Waals surface area contributed by atoms with Gasteiger partial charge in [-0.1, -0.05) is 20.8 Å². The molecule has 0 atom stereocenters. The molecule has 3 nitrogen and oxygen atoms in total. The van der Waals surface area contributed by atoms with Gasteiger partial charge >= 0.3 is 0 Å². The summed E-state index contributed by atoms with van der Waals surface area (Å²) >= 11 is 5.86. The second-order valence-electron chi connectivity index (χ2n) is 7.04. The molecule has 130 valence electrons. The number of carbonyl (C=O) groups is 1. The fraction of sp³-hybridized carbons (Fsp3) is 0.250. The van der Waals surface area contributed by atoms with Gasteiger partial charge < -0.3 is 10.1 Å². The first-order valence-electron chi connectivity index (χ1n) is 7.91. The minimum Gasteiger partial charge on any atom is -0.495 e. The number of hydrogen-bond acceptors (Lipinski definition) is 2. The molecule has 2 aromatic carbocycles. The molecule has 0 fully saturated rings. The van der Waals surface area contributed by atoms with Gasteiger partial charge in [-0.15, -0.1) is 0 Å². The Morgan fingerprint density at radius 2 is 1.92 bits per heavy atom. The summed E-state index contributed by atoms with van der Waals surface area (Å²) in [6.07, 6.45) is 1.94. The first-order chi connectivity index (χ1) is 11.7. The number of halogens is 2. The van der Waals surface area contributed by atoms with Crippen LogP contribution in [0.2, 0.25) is 0 Å². The highest BCUT2D eigenvalue weighted by molar-refractivity contribution is 14.1. The van der Waals surface area contributed by atoms with E-state index in [0.29, 0.717) is 5.57 Å². The Hall–Kier alpha value is -1.34. The minimum absolute atomic E-state index is 0.0683. The molecule has 0 spiro atoms. The lowest BCUT2D eigenvalue weighted by molar-refractivity contribution is -0.110. The zero-order valence-electron chi connectivity index (χ0n) is 14.5. The number of ether oxygens (including phenoxy) is 1. The summed E-state index contributed by atoms with van der Waals surface area (Å²) < 4.78 is 7.56. The molecule has 1 N–H and O–H groups in total. The van der Waals surface area contributed by atoms with E-state index in [9.17, 15) is 4.79 Å². The van der Waals surface area contributed by atoms with Crippen molar-refractivity contribution in [2.75, 3.05) is 12.4 Å². The zero-order chi connectivity index (χ0) is 18.4. The maximum absolute atomic E-state index is 12.4. The number of hydrogen-bond donors (Lipinski definition) is 1. The Labute approximate surface area is 170 Å². The van der Waals surface area contributed by atoms with Gasteiger partial charge in [0.25, 0.3) is 5.91 Å². The lowest BCUT2D eigenvalue weighted by Gasteiger charge is -2.23. The summed E-state index contributed by atoms with van der Waals surface area (Å²) in [6, 6.07) is 10.0. The Kier molecular flexibility index (Phi) is 4.99. The number of carbonyl (C=O) groups excluding carboxylic acids is 1. The molecule has 1 amide bonds. The average molecular weight is 512 g/mol. The normalized spacial score (nSPS) is 15.3. The standard InChI is InChI=1S/C20H19BrINO2/c1-20(2,3)15-8-11(9-16(21)18(15)25-4)7-14-13-10-12(22)5-6-17(13)23-19(14)24/h5-10H,1-4H3,(H,23,24).